The van der Waals surface area contributed by atoms with E-state index in [0.717, 1.165) is 30.6 Å². The number of carbonyl (C=O) groups is 1. The van der Waals surface area contributed by atoms with E-state index in [4.69, 9.17) is 0 Å². The molecule has 19 heavy (non-hydrogen) atoms. The highest BCUT2D eigenvalue weighted by molar-refractivity contribution is 5.95. The summed E-state index contributed by atoms with van der Waals surface area (Å²) in [6.45, 7) is 7.13. The molecule has 1 aromatic rings. The fraction of sp³-hybridized carbons (Fsp3) is 0.562. The molecule has 0 radical (unpaired) electrons. The van der Waals surface area contributed by atoms with Gasteiger partial charge in [0.25, 0.3) is 0 Å². The molecule has 0 amide bonds. The van der Waals surface area contributed by atoms with Crippen molar-refractivity contribution in [3.63, 3.8) is 0 Å². The van der Waals surface area contributed by atoms with Crippen LogP contribution in [0.15, 0.2) is 24.3 Å². The van der Waals surface area contributed by atoms with Gasteiger partial charge in [0.15, 0.2) is 5.78 Å². The van der Waals surface area contributed by atoms with Gasteiger partial charge >= 0.3 is 0 Å². The van der Waals surface area contributed by atoms with Crippen molar-refractivity contribution in [2.45, 2.75) is 39.2 Å². The van der Waals surface area contributed by atoms with Crippen molar-refractivity contribution in [1.82, 2.24) is 0 Å². The van der Waals surface area contributed by atoms with Gasteiger partial charge in [-0.05, 0) is 51.7 Å². The van der Waals surface area contributed by atoms with E-state index in [1.54, 1.807) is 6.92 Å². The van der Waals surface area contributed by atoms with Crippen LogP contribution < -0.4 is 4.90 Å². The first-order valence-corrected chi connectivity index (χ1v) is 6.93. The monoisotopic (exact) mass is 261 g/mol. The SMILES string of the molecule is CC(=O)c1cccc(N2CC(CO)CCC2(C)C)c1. The van der Waals surface area contributed by atoms with E-state index in [1.165, 1.54) is 0 Å². The van der Waals surface area contributed by atoms with Gasteiger partial charge in [-0.15, -0.1) is 0 Å². The summed E-state index contributed by atoms with van der Waals surface area (Å²) in [5, 5.41) is 9.39. The van der Waals surface area contributed by atoms with Crippen molar-refractivity contribution < 1.29 is 9.90 Å². The molecule has 1 aliphatic rings. The molecule has 1 aromatic carbocycles. The smallest absolute Gasteiger partial charge is 0.159 e. The molecule has 1 saturated heterocycles. The van der Waals surface area contributed by atoms with Crippen LogP contribution >= 0.6 is 0 Å². The number of benzene rings is 1. The molecule has 2 rings (SSSR count). The first-order chi connectivity index (χ1) is 8.94. The Morgan fingerprint density at radius 1 is 1.47 bits per heavy atom. The second kappa shape index (κ2) is 5.33. The largest absolute Gasteiger partial charge is 0.396 e. The Bertz CT molecular complexity index is 468. The fourth-order valence-corrected chi connectivity index (χ4v) is 2.79. The van der Waals surface area contributed by atoms with Gasteiger partial charge in [-0.2, -0.15) is 0 Å². The number of rotatable bonds is 3. The van der Waals surface area contributed by atoms with Crippen LogP contribution in [0, 0.1) is 5.92 Å². The minimum absolute atomic E-state index is 0.0705. The lowest BCUT2D eigenvalue weighted by Gasteiger charge is -2.47. The minimum Gasteiger partial charge on any atom is -0.396 e. The number of hydrogen-bond donors (Lipinski definition) is 1. The number of carbonyl (C=O) groups excluding carboxylic acids is 1. The second-order valence-electron chi connectivity index (χ2n) is 6.12. The Balaban J connectivity index is 2.31. The summed E-state index contributed by atoms with van der Waals surface area (Å²) in [5.41, 5.74) is 1.90. The van der Waals surface area contributed by atoms with Gasteiger partial charge in [-0.25, -0.2) is 0 Å². The van der Waals surface area contributed by atoms with Crippen molar-refractivity contribution in [3.8, 4) is 0 Å². The van der Waals surface area contributed by atoms with Gasteiger partial charge in [-0.3, -0.25) is 4.79 Å². The number of aliphatic hydroxyl groups is 1. The minimum atomic E-state index is 0.0705. The Hall–Kier alpha value is -1.35. The Morgan fingerprint density at radius 2 is 2.21 bits per heavy atom. The molecular weight excluding hydrogens is 238 g/mol. The first-order valence-electron chi connectivity index (χ1n) is 6.93. The van der Waals surface area contributed by atoms with Crippen molar-refractivity contribution in [3.05, 3.63) is 29.8 Å². The van der Waals surface area contributed by atoms with E-state index in [0.29, 0.717) is 5.92 Å². The van der Waals surface area contributed by atoms with E-state index in [9.17, 15) is 9.90 Å². The molecule has 1 unspecified atom stereocenters. The lowest BCUT2D eigenvalue weighted by Crippen LogP contribution is -2.51. The zero-order chi connectivity index (χ0) is 14.0. The van der Waals surface area contributed by atoms with Crippen LogP contribution in [0.4, 0.5) is 5.69 Å². The van der Waals surface area contributed by atoms with E-state index < -0.39 is 0 Å². The maximum atomic E-state index is 11.5. The molecular formula is C16H23NO2. The van der Waals surface area contributed by atoms with Crippen molar-refractivity contribution in [1.29, 1.82) is 0 Å². The number of piperidine rings is 1. The van der Waals surface area contributed by atoms with Gasteiger partial charge in [0.1, 0.15) is 0 Å². The summed E-state index contributed by atoms with van der Waals surface area (Å²) >= 11 is 0. The topological polar surface area (TPSA) is 40.5 Å². The zero-order valence-electron chi connectivity index (χ0n) is 12.0. The van der Waals surface area contributed by atoms with Gasteiger partial charge in [-0.1, -0.05) is 12.1 Å². The quantitative estimate of drug-likeness (QED) is 0.851. The van der Waals surface area contributed by atoms with Crippen molar-refractivity contribution >= 4 is 11.5 Å². The average molecular weight is 261 g/mol. The average Bonchev–Trinajstić information content (AvgIpc) is 2.38. The Labute approximate surface area is 115 Å². The maximum absolute atomic E-state index is 11.5. The number of nitrogens with zero attached hydrogens (tertiary/aromatic N) is 1. The Kier molecular flexibility index (Phi) is 3.95. The molecule has 104 valence electrons. The molecule has 1 fully saturated rings. The molecule has 3 nitrogen and oxygen atoms in total. The molecule has 1 atom stereocenters. The predicted octanol–water partition coefficient (Wildman–Crippen LogP) is 2.88. The lowest BCUT2D eigenvalue weighted by atomic mass is 9.84. The van der Waals surface area contributed by atoms with Gasteiger partial charge in [0.05, 0.1) is 0 Å². The second-order valence-corrected chi connectivity index (χ2v) is 6.12. The van der Waals surface area contributed by atoms with Crippen molar-refractivity contribution in [2.24, 2.45) is 5.92 Å². The standard InChI is InChI=1S/C16H23NO2/c1-12(19)14-5-4-6-15(9-14)17-10-13(11-18)7-8-16(17,2)3/h4-6,9,13,18H,7-8,10-11H2,1-3H3. The highest BCUT2D eigenvalue weighted by Gasteiger charge is 2.34. The summed E-state index contributed by atoms with van der Waals surface area (Å²) in [5.74, 6) is 0.421. The van der Waals surface area contributed by atoms with E-state index in [2.05, 4.69) is 18.7 Å². The molecule has 0 spiro atoms. The lowest BCUT2D eigenvalue weighted by molar-refractivity contribution is 0.101. The summed E-state index contributed by atoms with van der Waals surface area (Å²) in [6, 6.07) is 7.80. The summed E-state index contributed by atoms with van der Waals surface area (Å²) in [6.07, 6.45) is 2.12. The highest BCUT2D eigenvalue weighted by Crippen LogP contribution is 2.35. The van der Waals surface area contributed by atoms with Crippen LogP contribution in [0.1, 0.15) is 44.0 Å². The number of anilines is 1. The van der Waals surface area contributed by atoms with E-state index in [1.807, 2.05) is 24.3 Å². The molecule has 1 heterocycles. The zero-order valence-corrected chi connectivity index (χ0v) is 12.0. The van der Waals surface area contributed by atoms with Crippen molar-refractivity contribution in [2.75, 3.05) is 18.1 Å². The third kappa shape index (κ3) is 2.98. The third-order valence-corrected chi connectivity index (χ3v) is 4.16. The number of aliphatic hydroxyl groups excluding tert-OH is 1. The van der Waals surface area contributed by atoms with Crippen LogP contribution in [-0.4, -0.2) is 29.6 Å². The highest BCUT2D eigenvalue weighted by atomic mass is 16.3. The van der Waals surface area contributed by atoms with Crippen LogP contribution in [0.2, 0.25) is 0 Å². The van der Waals surface area contributed by atoms with Gasteiger partial charge in [0, 0.05) is 29.9 Å². The number of hydrogen-bond acceptors (Lipinski definition) is 3. The summed E-state index contributed by atoms with van der Waals surface area (Å²) in [7, 11) is 0. The van der Waals surface area contributed by atoms with Crippen LogP contribution in [0.25, 0.3) is 0 Å². The molecule has 0 bridgehead atoms. The normalized spacial score (nSPS) is 22.3. The Morgan fingerprint density at radius 3 is 2.84 bits per heavy atom. The van der Waals surface area contributed by atoms with Gasteiger partial charge in [0.2, 0.25) is 0 Å². The first kappa shape index (κ1) is 14.1. The molecule has 0 aliphatic carbocycles. The third-order valence-electron chi connectivity index (χ3n) is 4.16. The van der Waals surface area contributed by atoms with Gasteiger partial charge < -0.3 is 10.0 Å². The number of Topliss-reactive ketones (excluding diaryl/α,β-unsaturated/α-hetero) is 1. The van der Waals surface area contributed by atoms with Crippen LogP contribution in [-0.2, 0) is 0 Å². The summed E-state index contributed by atoms with van der Waals surface area (Å²) in [4.78, 5) is 13.8. The molecule has 0 aromatic heterocycles. The number of ketones is 1. The predicted molar refractivity (Wildman–Crippen MR) is 77.7 cm³/mol. The van der Waals surface area contributed by atoms with E-state index in [-0.39, 0.29) is 17.9 Å². The molecule has 3 heteroatoms. The van der Waals surface area contributed by atoms with E-state index >= 15 is 0 Å². The fourth-order valence-electron chi connectivity index (χ4n) is 2.79. The molecule has 0 saturated carbocycles. The van der Waals surface area contributed by atoms with Crippen LogP contribution in [0.3, 0.4) is 0 Å². The molecule has 1 aliphatic heterocycles. The van der Waals surface area contributed by atoms with Crippen LogP contribution in [0.5, 0.6) is 0 Å². The molecule has 1 N–H and O–H groups in total. The summed E-state index contributed by atoms with van der Waals surface area (Å²) < 4.78 is 0. The maximum Gasteiger partial charge on any atom is 0.159 e.